The molecule has 0 aliphatic carbocycles. The lowest BCUT2D eigenvalue weighted by molar-refractivity contribution is -0.148. The Labute approximate surface area is 200 Å². The first-order chi connectivity index (χ1) is 15.2. The first-order valence-electron chi connectivity index (χ1n) is 11.8. The van der Waals surface area contributed by atoms with E-state index in [4.69, 9.17) is 10.5 Å². The third kappa shape index (κ3) is 12.5. The number of carbonyl (C=O) groups is 2. The van der Waals surface area contributed by atoms with Gasteiger partial charge in [0.15, 0.2) is 0 Å². The molecule has 0 aliphatic rings. The largest absolute Gasteiger partial charge is 0.457 e. The monoisotopic (exact) mass is 457 g/mol. The lowest BCUT2D eigenvalue weighted by Gasteiger charge is -2.25. The van der Waals surface area contributed by atoms with E-state index < -0.39 is 11.6 Å². The molecule has 0 unspecified atom stereocenters. The van der Waals surface area contributed by atoms with E-state index >= 15 is 0 Å². The topological polar surface area (TPSA) is 89.6 Å². The number of aliphatic hydroxyl groups is 1. The number of ether oxygens (including phenoxy) is 1. The summed E-state index contributed by atoms with van der Waals surface area (Å²) >= 11 is 0. The number of ketones is 1. The maximum Gasteiger partial charge on any atom is 0.330 e. The van der Waals surface area contributed by atoms with Crippen LogP contribution in [0, 0.1) is 17.3 Å². The highest BCUT2D eigenvalue weighted by atomic mass is 16.6. The number of esters is 1. The smallest absolute Gasteiger partial charge is 0.330 e. The molecule has 0 bridgehead atoms. The van der Waals surface area contributed by atoms with Gasteiger partial charge in [0.2, 0.25) is 0 Å². The van der Waals surface area contributed by atoms with E-state index in [9.17, 15) is 14.7 Å². The summed E-state index contributed by atoms with van der Waals surface area (Å²) in [6.07, 6.45) is 8.91. The molecule has 0 radical (unpaired) electrons. The Morgan fingerprint density at radius 3 is 2.21 bits per heavy atom. The van der Waals surface area contributed by atoms with Gasteiger partial charge in [-0.2, -0.15) is 0 Å². The van der Waals surface area contributed by atoms with Crippen LogP contribution in [0.5, 0.6) is 0 Å². The molecule has 0 heterocycles. The second kappa shape index (κ2) is 12.9. The normalized spacial score (nSPS) is 15.5. The average Bonchev–Trinajstić information content (AvgIpc) is 2.68. The van der Waals surface area contributed by atoms with Crippen LogP contribution in [0.25, 0.3) is 6.08 Å². The number of nitrogens with two attached hydrogens (primary N) is 1. The lowest BCUT2D eigenvalue weighted by Crippen LogP contribution is -2.36. The van der Waals surface area contributed by atoms with Gasteiger partial charge in [0, 0.05) is 12.5 Å². The van der Waals surface area contributed by atoms with E-state index in [1.54, 1.807) is 6.08 Å². The van der Waals surface area contributed by atoms with E-state index in [1.807, 2.05) is 51.1 Å². The standard InChI is InChI=1S/C28H43NO4/c1-20(11-12-21-13-15-22(19-30)16-14-21)23(9-8-10-26(32)33-28(5,6)7)17-25(31)24(29)18-27(2,3)4/h8,10-16,20,23-24,30H,9,17-19,29H2,1-7H3/b10-8+,12-11+/t20-,23-,24+/m1/s1. The molecular formula is C28H43NO4. The fourth-order valence-electron chi connectivity index (χ4n) is 3.50. The Kier molecular flexibility index (Phi) is 11.2. The molecule has 3 N–H and O–H groups in total. The molecule has 0 amide bonds. The summed E-state index contributed by atoms with van der Waals surface area (Å²) in [5.41, 5.74) is 7.54. The highest BCUT2D eigenvalue weighted by Crippen LogP contribution is 2.26. The van der Waals surface area contributed by atoms with Gasteiger partial charge in [-0.25, -0.2) is 4.79 Å². The molecule has 5 nitrogen and oxygen atoms in total. The molecule has 3 atom stereocenters. The van der Waals surface area contributed by atoms with Gasteiger partial charge in [-0.1, -0.05) is 70.2 Å². The molecule has 0 spiro atoms. The zero-order chi connectivity index (χ0) is 25.2. The predicted molar refractivity (Wildman–Crippen MR) is 135 cm³/mol. The van der Waals surface area contributed by atoms with Gasteiger partial charge in [-0.3, -0.25) is 4.79 Å². The minimum atomic E-state index is -0.544. The number of allylic oxidation sites excluding steroid dienone is 2. The lowest BCUT2D eigenvalue weighted by atomic mass is 9.81. The summed E-state index contributed by atoms with van der Waals surface area (Å²) in [6.45, 7) is 13.8. The molecule has 1 aromatic rings. The van der Waals surface area contributed by atoms with E-state index in [0.29, 0.717) is 19.3 Å². The molecule has 0 saturated heterocycles. The van der Waals surface area contributed by atoms with Gasteiger partial charge in [0.25, 0.3) is 0 Å². The van der Waals surface area contributed by atoms with E-state index in [0.717, 1.165) is 11.1 Å². The summed E-state index contributed by atoms with van der Waals surface area (Å²) in [6, 6.07) is 7.19. The van der Waals surface area contributed by atoms with Gasteiger partial charge < -0.3 is 15.6 Å². The molecule has 1 rings (SSSR count). The van der Waals surface area contributed by atoms with Crippen LogP contribution in [-0.4, -0.2) is 28.5 Å². The zero-order valence-corrected chi connectivity index (χ0v) is 21.4. The maximum absolute atomic E-state index is 12.9. The molecule has 5 heteroatoms. The van der Waals surface area contributed by atoms with E-state index in [2.05, 4.69) is 33.8 Å². The van der Waals surface area contributed by atoms with Crippen molar-refractivity contribution >= 4 is 17.8 Å². The Morgan fingerprint density at radius 1 is 1.09 bits per heavy atom. The van der Waals surface area contributed by atoms with E-state index in [1.165, 1.54) is 6.08 Å². The van der Waals surface area contributed by atoms with Gasteiger partial charge in [-0.05, 0) is 62.0 Å². The quantitative estimate of drug-likeness (QED) is 0.340. The Morgan fingerprint density at radius 2 is 1.70 bits per heavy atom. The second-order valence-electron chi connectivity index (χ2n) is 11.1. The molecule has 0 saturated carbocycles. The minimum absolute atomic E-state index is 0.00942. The van der Waals surface area contributed by atoms with Crippen LogP contribution in [0.4, 0.5) is 0 Å². The predicted octanol–water partition coefficient (Wildman–Crippen LogP) is 5.46. The number of aliphatic hydroxyl groups excluding tert-OH is 1. The van der Waals surface area contributed by atoms with Crippen LogP contribution in [0.2, 0.25) is 0 Å². The van der Waals surface area contributed by atoms with Gasteiger partial charge >= 0.3 is 5.97 Å². The third-order valence-corrected chi connectivity index (χ3v) is 5.31. The summed E-state index contributed by atoms with van der Waals surface area (Å²) in [7, 11) is 0. The number of hydrogen-bond donors (Lipinski definition) is 2. The number of carbonyl (C=O) groups excluding carboxylic acids is 2. The first-order valence-corrected chi connectivity index (χ1v) is 11.8. The number of rotatable bonds is 11. The Bertz CT molecular complexity index is 810. The van der Waals surface area contributed by atoms with Crippen molar-refractivity contribution < 1.29 is 19.4 Å². The fourth-order valence-corrected chi connectivity index (χ4v) is 3.50. The Hall–Kier alpha value is -2.24. The molecule has 33 heavy (non-hydrogen) atoms. The summed E-state index contributed by atoms with van der Waals surface area (Å²) in [5.74, 6) is -0.232. The summed E-state index contributed by atoms with van der Waals surface area (Å²) in [4.78, 5) is 24.9. The van der Waals surface area contributed by atoms with E-state index in [-0.39, 0.29) is 35.6 Å². The molecule has 1 aromatic carbocycles. The van der Waals surface area contributed by atoms with Crippen molar-refractivity contribution in [3.63, 3.8) is 0 Å². The first kappa shape index (κ1) is 28.8. The highest BCUT2D eigenvalue weighted by Gasteiger charge is 2.25. The van der Waals surface area contributed by atoms with Crippen molar-refractivity contribution in [3.05, 3.63) is 53.6 Å². The maximum atomic E-state index is 12.9. The van der Waals surface area contributed by atoms with Crippen LogP contribution >= 0.6 is 0 Å². The highest BCUT2D eigenvalue weighted by molar-refractivity contribution is 5.84. The summed E-state index contributed by atoms with van der Waals surface area (Å²) < 4.78 is 5.33. The third-order valence-electron chi connectivity index (χ3n) is 5.31. The van der Waals surface area contributed by atoms with Crippen molar-refractivity contribution in [1.29, 1.82) is 0 Å². The van der Waals surface area contributed by atoms with Crippen LogP contribution in [0.3, 0.4) is 0 Å². The van der Waals surface area contributed by atoms with Gasteiger partial charge in [-0.15, -0.1) is 0 Å². The van der Waals surface area contributed by atoms with Gasteiger partial charge in [0.1, 0.15) is 11.4 Å². The fraction of sp³-hybridized carbons (Fsp3) is 0.571. The number of benzene rings is 1. The van der Waals surface area contributed by atoms with Crippen LogP contribution in [0.15, 0.2) is 42.5 Å². The molecule has 0 aliphatic heterocycles. The van der Waals surface area contributed by atoms with Crippen molar-refractivity contribution in [2.24, 2.45) is 23.0 Å². The molecule has 184 valence electrons. The minimum Gasteiger partial charge on any atom is -0.457 e. The molecule has 0 fully saturated rings. The van der Waals surface area contributed by atoms with Crippen molar-refractivity contribution in [1.82, 2.24) is 0 Å². The summed E-state index contributed by atoms with van der Waals surface area (Å²) in [5, 5.41) is 9.20. The van der Waals surface area contributed by atoms with Crippen molar-refractivity contribution in [2.45, 2.75) is 86.0 Å². The van der Waals surface area contributed by atoms with Crippen molar-refractivity contribution in [2.75, 3.05) is 0 Å². The second-order valence-corrected chi connectivity index (χ2v) is 11.1. The average molecular weight is 458 g/mol. The molecular weight excluding hydrogens is 414 g/mol. The Balaban J connectivity index is 2.93. The van der Waals surface area contributed by atoms with Crippen molar-refractivity contribution in [3.8, 4) is 0 Å². The van der Waals surface area contributed by atoms with Crippen LogP contribution < -0.4 is 5.73 Å². The van der Waals surface area contributed by atoms with Crippen LogP contribution in [-0.2, 0) is 20.9 Å². The SMILES string of the molecule is C[C@H](/C=C/c1ccc(CO)cc1)[C@H](C/C=C/C(=O)OC(C)(C)C)CC(=O)[C@@H](N)CC(C)(C)C. The van der Waals surface area contributed by atoms with Crippen LogP contribution in [0.1, 0.15) is 78.9 Å². The number of Topliss-reactive ketones (excluding diaryl/α,β-unsaturated/α-hetero) is 1. The zero-order valence-electron chi connectivity index (χ0n) is 21.4. The molecule has 0 aromatic heterocycles. The van der Waals surface area contributed by atoms with Gasteiger partial charge in [0.05, 0.1) is 12.6 Å². The number of hydrogen-bond acceptors (Lipinski definition) is 5.